The van der Waals surface area contributed by atoms with Gasteiger partial charge in [-0.05, 0) is 34.5 Å². The molecule has 3 rings (SSSR count). The fraction of sp³-hybridized carbons (Fsp3) is 0.588. The van der Waals surface area contributed by atoms with Gasteiger partial charge in [0.2, 0.25) is 0 Å². The molecular formula is C17H26BrIN4O. The van der Waals surface area contributed by atoms with E-state index in [2.05, 4.69) is 67.6 Å². The number of aliphatic imine (C=N–C) groups is 1. The summed E-state index contributed by atoms with van der Waals surface area (Å²) in [6, 6.07) is 8.81. The van der Waals surface area contributed by atoms with Crippen molar-refractivity contribution in [1.29, 1.82) is 0 Å². The maximum Gasteiger partial charge on any atom is 0.191 e. The number of nitrogens with zero attached hydrogens (tertiary/aromatic N) is 2. The molecule has 1 unspecified atom stereocenters. The third-order valence-electron chi connectivity index (χ3n) is 4.53. The topological polar surface area (TPSA) is 48.9 Å². The molecule has 1 aromatic carbocycles. The van der Waals surface area contributed by atoms with Crippen LogP contribution in [0.25, 0.3) is 0 Å². The van der Waals surface area contributed by atoms with Crippen LogP contribution >= 0.6 is 39.9 Å². The molecule has 24 heavy (non-hydrogen) atoms. The molecule has 0 saturated carbocycles. The summed E-state index contributed by atoms with van der Waals surface area (Å²) in [5.41, 5.74) is 1.51. The zero-order chi connectivity index (χ0) is 16.3. The molecule has 0 spiro atoms. The number of hydrogen-bond acceptors (Lipinski definition) is 3. The van der Waals surface area contributed by atoms with Crippen LogP contribution in [0.2, 0.25) is 0 Å². The normalized spacial score (nSPS) is 22.5. The predicted molar refractivity (Wildman–Crippen MR) is 114 cm³/mol. The smallest absolute Gasteiger partial charge is 0.191 e. The van der Waals surface area contributed by atoms with Crippen molar-refractivity contribution in [3.8, 4) is 0 Å². The lowest BCUT2D eigenvalue weighted by Crippen LogP contribution is -2.52. The second kappa shape index (κ2) is 8.71. The SMILES string of the molecule is CN=C(NCC1(C)COC1)NC1CCN(c2ccccc2Br)C1.I. The Kier molecular flexibility index (Phi) is 7.18. The maximum atomic E-state index is 5.30. The fourth-order valence-electron chi connectivity index (χ4n) is 3.04. The van der Waals surface area contributed by atoms with Gasteiger partial charge in [0, 0.05) is 42.6 Å². The van der Waals surface area contributed by atoms with E-state index in [0.29, 0.717) is 6.04 Å². The maximum absolute atomic E-state index is 5.30. The van der Waals surface area contributed by atoms with Crippen molar-refractivity contribution in [1.82, 2.24) is 10.6 Å². The molecule has 2 aliphatic rings. The highest BCUT2D eigenvalue weighted by Gasteiger charge is 2.33. The molecule has 7 heteroatoms. The molecule has 1 atom stereocenters. The highest BCUT2D eigenvalue weighted by molar-refractivity contribution is 14.0. The third kappa shape index (κ3) is 4.76. The van der Waals surface area contributed by atoms with Gasteiger partial charge in [0.25, 0.3) is 0 Å². The zero-order valence-corrected chi connectivity index (χ0v) is 18.1. The first-order chi connectivity index (χ1) is 11.1. The van der Waals surface area contributed by atoms with Crippen molar-refractivity contribution in [3.05, 3.63) is 28.7 Å². The summed E-state index contributed by atoms with van der Waals surface area (Å²) >= 11 is 3.64. The largest absolute Gasteiger partial charge is 0.380 e. The van der Waals surface area contributed by atoms with Crippen molar-refractivity contribution in [2.24, 2.45) is 10.4 Å². The molecule has 134 valence electrons. The van der Waals surface area contributed by atoms with Crippen LogP contribution in [-0.2, 0) is 4.74 Å². The standard InChI is InChI=1S/C17H25BrN4O.HI/c1-17(11-23-12-17)10-20-16(19-2)21-13-7-8-22(9-13)15-6-4-3-5-14(15)18;/h3-6,13H,7-12H2,1-2H3,(H2,19,20,21);1H. The number of ether oxygens (including phenoxy) is 1. The van der Waals surface area contributed by atoms with Crippen molar-refractivity contribution >= 4 is 51.6 Å². The first-order valence-corrected chi connectivity index (χ1v) is 8.93. The van der Waals surface area contributed by atoms with E-state index >= 15 is 0 Å². The molecule has 2 N–H and O–H groups in total. The van der Waals surface area contributed by atoms with Gasteiger partial charge in [-0.1, -0.05) is 19.1 Å². The summed E-state index contributed by atoms with van der Waals surface area (Å²) in [5, 5.41) is 6.98. The van der Waals surface area contributed by atoms with Gasteiger partial charge in [-0.25, -0.2) is 0 Å². The van der Waals surface area contributed by atoms with Crippen LogP contribution in [0.3, 0.4) is 0 Å². The van der Waals surface area contributed by atoms with Gasteiger partial charge in [-0.2, -0.15) is 0 Å². The lowest BCUT2D eigenvalue weighted by molar-refractivity contribution is -0.0971. The molecule has 2 aliphatic heterocycles. The van der Waals surface area contributed by atoms with Crippen LogP contribution in [0.4, 0.5) is 5.69 Å². The zero-order valence-electron chi connectivity index (χ0n) is 14.2. The minimum absolute atomic E-state index is 0. The van der Waals surface area contributed by atoms with Gasteiger partial charge in [0.15, 0.2) is 5.96 Å². The third-order valence-corrected chi connectivity index (χ3v) is 5.20. The van der Waals surface area contributed by atoms with E-state index in [9.17, 15) is 0 Å². The molecule has 2 heterocycles. The average Bonchev–Trinajstić information content (AvgIpc) is 2.98. The summed E-state index contributed by atoms with van der Waals surface area (Å²) < 4.78 is 6.45. The van der Waals surface area contributed by atoms with Crippen molar-refractivity contribution in [2.75, 3.05) is 44.8 Å². The van der Waals surface area contributed by atoms with Gasteiger partial charge >= 0.3 is 0 Å². The van der Waals surface area contributed by atoms with Crippen molar-refractivity contribution in [2.45, 2.75) is 19.4 Å². The van der Waals surface area contributed by atoms with Crippen LogP contribution < -0.4 is 15.5 Å². The summed E-state index contributed by atoms with van der Waals surface area (Å²) in [5.74, 6) is 0.886. The van der Waals surface area contributed by atoms with Gasteiger partial charge < -0.3 is 20.3 Å². The quantitative estimate of drug-likeness (QED) is 0.373. The fourth-order valence-corrected chi connectivity index (χ4v) is 3.58. The second-order valence-corrected chi connectivity index (χ2v) is 7.61. The Labute approximate surface area is 169 Å². The van der Waals surface area contributed by atoms with E-state index in [4.69, 9.17) is 4.74 Å². The molecule has 1 aromatic rings. The Morgan fingerprint density at radius 3 is 2.79 bits per heavy atom. The Bertz CT molecular complexity index is 579. The molecular weight excluding hydrogens is 483 g/mol. The van der Waals surface area contributed by atoms with E-state index in [0.717, 1.165) is 49.7 Å². The highest BCUT2D eigenvalue weighted by Crippen LogP contribution is 2.28. The number of para-hydroxylation sites is 1. The van der Waals surface area contributed by atoms with Gasteiger partial charge in [0.1, 0.15) is 0 Å². The molecule has 2 fully saturated rings. The molecule has 0 radical (unpaired) electrons. The minimum Gasteiger partial charge on any atom is -0.380 e. The highest BCUT2D eigenvalue weighted by atomic mass is 127. The first-order valence-electron chi connectivity index (χ1n) is 8.14. The molecule has 2 saturated heterocycles. The summed E-state index contributed by atoms with van der Waals surface area (Å²) in [7, 11) is 1.83. The summed E-state index contributed by atoms with van der Waals surface area (Å²) in [6.07, 6.45) is 1.11. The lowest BCUT2D eigenvalue weighted by Gasteiger charge is -2.38. The van der Waals surface area contributed by atoms with Crippen LogP contribution in [0.5, 0.6) is 0 Å². The summed E-state index contributed by atoms with van der Waals surface area (Å²) in [6.45, 7) is 6.84. The molecule has 0 aliphatic carbocycles. The van der Waals surface area contributed by atoms with Crippen LogP contribution in [0.15, 0.2) is 33.7 Å². The number of anilines is 1. The number of halogens is 2. The van der Waals surface area contributed by atoms with Gasteiger partial charge in [0.05, 0.1) is 18.9 Å². The van der Waals surface area contributed by atoms with E-state index in [-0.39, 0.29) is 29.4 Å². The Morgan fingerprint density at radius 2 is 2.17 bits per heavy atom. The average molecular weight is 509 g/mol. The monoisotopic (exact) mass is 508 g/mol. The van der Waals surface area contributed by atoms with Crippen molar-refractivity contribution in [3.63, 3.8) is 0 Å². The molecule has 0 amide bonds. The number of benzene rings is 1. The van der Waals surface area contributed by atoms with E-state index in [1.165, 1.54) is 5.69 Å². The van der Waals surface area contributed by atoms with Gasteiger partial charge in [-0.15, -0.1) is 24.0 Å². The first kappa shape index (κ1) is 19.8. The van der Waals surface area contributed by atoms with E-state index in [1.54, 1.807) is 0 Å². The van der Waals surface area contributed by atoms with Gasteiger partial charge in [-0.3, -0.25) is 4.99 Å². The van der Waals surface area contributed by atoms with E-state index in [1.807, 2.05) is 7.05 Å². The van der Waals surface area contributed by atoms with Crippen LogP contribution in [-0.4, -0.2) is 51.9 Å². The number of nitrogens with one attached hydrogen (secondary N) is 2. The Hall–Kier alpha value is -0.540. The minimum atomic E-state index is 0. The number of rotatable bonds is 4. The molecule has 0 aromatic heterocycles. The number of guanidine groups is 1. The second-order valence-electron chi connectivity index (χ2n) is 6.76. The lowest BCUT2D eigenvalue weighted by atomic mass is 9.89. The molecule has 5 nitrogen and oxygen atoms in total. The predicted octanol–water partition coefficient (Wildman–Crippen LogP) is 2.85. The van der Waals surface area contributed by atoms with E-state index < -0.39 is 0 Å². The van der Waals surface area contributed by atoms with Crippen LogP contribution in [0, 0.1) is 5.41 Å². The molecule has 0 bridgehead atoms. The van der Waals surface area contributed by atoms with Crippen molar-refractivity contribution < 1.29 is 4.74 Å². The number of hydrogen-bond donors (Lipinski definition) is 2. The summed E-state index contributed by atoms with van der Waals surface area (Å²) in [4.78, 5) is 6.77. The Balaban J connectivity index is 0.00000208. The van der Waals surface area contributed by atoms with Crippen LogP contribution in [0.1, 0.15) is 13.3 Å². The Morgan fingerprint density at radius 1 is 1.42 bits per heavy atom.